The number of allylic oxidation sites excluding steroid dienone is 1. The third kappa shape index (κ3) is 4.40. The molecule has 5 aromatic rings. The molecule has 1 unspecified atom stereocenters. The molecule has 0 spiro atoms. The number of fused-ring (bicyclic) bond motifs is 2. The second-order valence-corrected chi connectivity index (χ2v) is 9.63. The van der Waals surface area contributed by atoms with Crippen molar-refractivity contribution in [2.75, 3.05) is 12.3 Å². The minimum atomic E-state index is -0.554. The van der Waals surface area contributed by atoms with Gasteiger partial charge in [-0.2, -0.15) is 0 Å². The van der Waals surface area contributed by atoms with Gasteiger partial charge >= 0.3 is 0 Å². The molecular weight excluding hydrogens is 504 g/mol. The van der Waals surface area contributed by atoms with Gasteiger partial charge in [-0.1, -0.05) is 42.5 Å². The molecule has 1 aliphatic heterocycles. The lowest BCUT2D eigenvalue weighted by Gasteiger charge is -2.21. The second-order valence-electron chi connectivity index (χ2n) is 9.63. The molecule has 0 saturated heterocycles. The Kier molecular flexibility index (Phi) is 6.37. The fourth-order valence-electron chi connectivity index (χ4n) is 5.00. The van der Waals surface area contributed by atoms with Crippen LogP contribution in [0.1, 0.15) is 40.3 Å². The zero-order valence-electron chi connectivity index (χ0n) is 22.1. The van der Waals surface area contributed by atoms with E-state index < -0.39 is 11.9 Å². The maximum atomic E-state index is 14.2. The number of benzene rings is 2. The van der Waals surface area contributed by atoms with E-state index in [4.69, 9.17) is 5.73 Å². The number of aryl methyl sites for hydroxylation is 1. The number of para-hydroxylation sites is 1. The van der Waals surface area contributed by atoms with Crippen LogP contribution in [0.4, 0.5) is 5.82 Å². The molecule has 0 fully saturated rings. The van der Waals surface area contributed by atoms with Crippen LogP contribution in [0.25, 0.3) is 28.2 Å². The summed E-state index contributed by atoms with van der Waals surface area (Å²) in [5.41, 5.74) is 16.5. The van der Waals surface area contributed by atoms with Crippen molar-refractivity contribution in [3.63, 3.8) is 0 Å². The first-order chi connectivity index (χ1) is 19.4. The Bertz CT molecular complexity index is 1890. The van der Waals surface area contributed by atoms with Crippen LogP contribution in [-0.2, 0) is 0 Å². The normalized spacial score (nSPS) is 14.0. The quantitative estimate of drug-likeness (QED) is 0.264. The van der Waals surface area contributed by atoms with Gasteiger partial charge < -0.3 is 16.5 Å². The number of carbonyl (C=O) groups is 1. The van der Waals surface area contributed by atoms with Gasteiger partial charge in [0.25, 0.3) is 11.5 Å². The highest BCUT2D eigenvalue weighted by Gasteiger charge is 2.24. The van der Waals surface area contributed by atoms with Crippen molar-refractivity contribution in [1.29, 1.82) is 0 Å². The van der Waals surface area contributed by atoms with E-state index in [1.807, 2.05) is 86.7 Å². The van der Waals surface area contributed by atoms with Gasteiger partial charge in [-0.05, 0) is 61.2 Å². The topological polar surface area (TPSA) is 131 Å². The number of anilines is 1. The lowest BCUT2D eigenvalue weighted by molar-refractivity contribution is 0.0941. The maximum absolute atomic E-state index is 14.2. The predicted octanol–water partition coefficient (Wildman–Crippen LogP) is 3.42. The molecule has 2 aromatic carbocycles. The van der Waals surface area contributed by atoms with Crippen molar-refractivity contribution in [1.82, 2.24) is 35.3 Å². The van der Waals surface area contributed by atoms with Crippen LogP contribution in [0.15, 0.2) is 89.5 Å². The number of nitrogens with zero attached hydrogens (tertiary/aromatic N) is 4. The van der Waals surface area contributed by atoms with Gasteiger partial charge in [-0.3, -0.25) is 14.2 Å². The van der Waals surface area contributed by atoms with Gasteiger partial charge in [0, 0.05) is 35.5 Å². The molecule has 10 heteroatoms. The molecule has 1 aliphatic rings. The van der Waals surface area contributed by atoms with Crippen LogP contribution < -0.4 is 27.5 Å². The Morgan fingerprint density at radius 2 is 1.95 bits per heavy atom. The van der Waals surface area contributed by atoms with E-state index in [9.17, 15) is 9.59 Å². The zero-order valence-corrected chi connectivity index (χ0v) is 22.1. The molecule has 0 saturated carbocycles. The molecule has 0 aliphatic carbocycles. The van der Waals surface area contributed by atoms with E-state index in [-0.39, 0.29) is 16.9 Å². The summed E-state index contributed by atoms with van der Waals surface area (Å²) in [6, 6.07) is 18.3. The summed E-state index contributed by atoms with van der Waals surface area (Å²) in [5.74, 6) is -0.336. The third-order valence-electron chi connectivity index (χ3n) is 6.97. The van der Waals surface area contributed by atoms with Crippen molar-refractivity contribution in [2.24, 2.45) is 0 Å². The number of hydrazine groups is 1. The number of rotatable bonds is 6. The smallest absolute Gasteiger partial charge is 0.263 e. The Balaban J connectivity index is 1.46. The van der Waals surface area contributed by atoms with Gasteiger partial charge in [0.2, 0.25) is 0 Å². The summed E-state index contributed by atoms with van der Waals surface area (Å²) in [7, 11) is 0. The van der Waals surface area contributed by atoms with E-state index in [0.29, 0.717) is 22.4 Å². The van der Waals surface area contributed by atoms with Crippen LogP contribution in [0.5, 0.6) is 0 Å². The van der Waals surface area contributed by atoms with Crippen LogP contribution in [0, 0.1) is 6.92 Å². The zero-order chi connectivity index (χ0) is 27.8. The van der Waals surface area contributed by atoms with Crippen LogP contribution in [-0.4, -0.2) is 31.6 Å². The molecule has 40 heavy (non-hydrogen) atoms. The maximum Gasteiger partial charge on any atom is 0.263 e. The minimum absolute atomic E-state index is 0.0870. The molecule has 10 nitrogen and oxygen atoms in total. The molecule has 0 radical (unpaired) electrons. The molecule has 4 heterocycles. The minimum Gasteiger partial charge on any atom is -0.381 e. The van der Waals surface area contributed by atoms with E-state index in [1.54, 1.807) is 21.3 Å². The average molecular weight is 533 g/mol. The average Bonchev–Trinajstić information content (AvgIpc) is 3.60. The highest BCUT2D eigenvalue weighted by atomic mass is 16.2. The summed E-state index contributed by atoms with van der Waals surface area (Å²) in [6.07, 6.45) is 7.51. The Morgan fingerprint density at radius 3 is 2.73 bits per heavy atom. The number of nitrogen functional groups attached to an aromatic ring is 1. The lowest BCUT2D eigenvalue weighted by atomic mass is 10.0. The highest BCUT2D eigenvalue weighted by molar-refractivity contribution is 6.04. The monoisotopic (exact) mass is 532 g/mol. The summed E-state index contributed by atoms with van der Waals surface area (Å²) in [5, 5.41) is 8.67. The number of pyridine rings is 1. The molecule has 6 rings (SSSR count). The largest absolute Gasteiger partial charge is 0.381 e. The van der Waals surface area contributed by atoms with E-state index in [2.05, 4.69) is 26.3 Å². The van der Waals surface area contributed by atoms with E-state index in [1.165, 1.54) is 0 Å². The highest BCUT2D eigenvalue weighted by Crippen LogP contribution is 2.25. The molecule has 5 N–H and O–H groups in total. The lowest BCUT2D eigenvalue weighted by Crippen LogP contribution is -2.32. The number of hydrogen-bond acceptors (Lipinski definition) is 7. The SMILES string of the molecule is Cc1ccnc2c(C(=O)NC(C)c3cc4cccc(C=CC5=CCNN5)c4c(=O)n3-c3ccccc3)c(N)nn12. The van der Waals surface area contributed by atoms with Gasteiger partial charge in [-0.25, -0.2) is 14.9 Å². The summed E-state index contributed by atoms with van der Waals surface area (Å²) in [4.78, 5) is 32.0. The number of amides is 1. The first kappa shape index (κ1) is 25.1. The van der Waals surface area contributed by atoms with Crippen molar-refractivity contribution in [3.8, 4) is 5.69 Å². The molecular formula is C30H28N8O2. The van der Waals surface area contributed by atoms with Crippen molar-refractivity contribution >= 4 is 34.2 Å². The Labute approximate surface area is 229 Å². The standard InChI is InChI=1S/C30H28N8O2/c1-18-13-15-32-28-26(27(31)36-38(18)28)29(39)34-19(2)24-17-21-8-6-7-20(11-12-22-14-16-33-35-22)25(21)30(40)37(24)23-9-4-3-5-10-23/h3-15,17,19,33,35H,16H2,1-2H3,(H2,31,36)(H,34,39). The Hall–Kier alpha value is -5.22. The first-order valence-electron chi connectivity index (χ1n) is 12.9. The summed E-state index contributed by atoms with van der Waals surface area (Å²) < 4.78 is 3.20. The molecule has 0 bridgehead atoms. The van der Waals surface area contributed by atoms with Crippen LogP contribution in [0.2, 0.25) is 0 Å². The third-order valence-corrected chi connectivity index (χ3v) is 6.97. The molecule has 3 aromatic heterocycles. The molecule has 1 amide bonds. The van der Waals surface area contributed by atoms with E-state index in [0.717, 1.165) is 28.9 Å². The fraction of sp³-hybridized carbons (Fsp3) is 0.133. The van der Waals surface area contributed by atoms with Crippen molar-refractivity contribution < 1.29 is 4.79 Å². The number of hydrogen-bond donors (Lipinski definition) is 4. The van der Waals surface area contributed by atoms with Crippen LogP contribution in [0.3, 0.4) is 0 Å². The second kappa shape index (κ2) is 10.2. The van der Waals surface area contributed by atoms with Crippen molar-refractivity contribution in [3.05, 3.63) is 118 Å². The molecule has 200 valence electrons. The van der Waals surface area contributed by atoms with Gasteiger partial charge in [-0.15, -0.1) is 5.10 Å². The number of nitrogens with two attached hydrogens (primary N) is 1. The van der Waals surface area contributed by atoms with Gasteiger partial charge in [0.15, 0.2) is 11.5 Å². The van der Waals surface area contributed by atoms with E-state index >= 15 is 0 Å². The Morgan fingerprint density at radius 1 is 1.12 bits per heavy atom. The summed E-state index contributed by atoms with van der Waals surface area (Å²) >= 11 is 0. The van der Waals surface area contributed by atoms with Gasteiger partial charge in [0.1, 0.15) is 5.56 Å². The molecule has 1 atom stereocenters. The number of nitrogens with one attached hydrogen (secondary N) is 3. The predicted molar refractivity (Wildman–Crippen MR) is 156 cm³/mol. The number of carbonyl (C=O) groups excluding carboxylic acids is 1. The number of aromatic nitrogens is 4. The fourth-order valence-corrected chi connectivity index (χ4v) is 5.00. The van der Waals surface area contributed by atoms with Gasteiger partial charge in [0.05, 0.1) is 11.4 Å². The first-order valence-corrected chi connectivity index (χ1v) is 12.9. The van der Waals surface area contributed by atoms with Crippen LogP contribution >= 0.6 is 0 Å². The van der Waals surface area contributed by atoms with Crippen molar-refractivity contribution in [2.45, 2.75) is 19.9 Å². The summed E-state index contributed by atoms with van der Waals surface area (Å²) in [6.45, 7) is 4.44.